The molecule has 0 aliphatic rings. The summed E-state index contributed by atoms with van der Waals surface area (Å²) in [5.41, 5.74) is 6.37. The number of carbonyl (C=O) groups is 1. The second kappa shape index (κ2) is 4.24. The number of Topliss-reactive ketones (excluding diaryl/α,β-unsaturated/α-hetero) is 1. The Kier molecular flexibility index (Phi) is 2.79. The van der Waals surface area contributed by atoms with Gasteiger partial charge in [-0.05, 0) is 16.3 Å². The minimum atomic E-state index is 0.0753. The average Bonchev–Trinajstić information content (AvgIpc) is 2.29. The van der Waals surface area contributed by atoms with E-state index in [-0.39, 0.29) is 12.3 Å². The Morgan fingerprint density at radius 2 is 1.80 bits per heavy atom. The topological polar surface area (TPSA) is 43.1 Å². The van der Waals surface area contributed by atoms with Gasteiger partial charge in [-0.15, -0.1) is 0 Å². The van der Waals surface area contributed by atoms with Gasteiger partial charge in [0.05, 0.1) is 6.54 Å². The van der Waals surface area contributed by atoms with Gasteiger partial charge in [0.2, 0.25) is 0 Å². The summed E-state index contributed by atoms with van der Waals surface area (Å²) < 4.78 is 0. The predicted octanol–water partition coefficient (Wildman–Crippen LogP) is 1.91. The Morgan fingerprint density at radius 3 is 2.60 bits per heavy atom. The van der Waals surface area contributed by atoms with Gasteiger partial charge in [0.1, 0.15) is 0 Å². The van der Waals surface area contributed by atoms with Crippen LogP contribution < -0.4 is 5.73 Å². The van der Waals surface area contributed by atoms with Crippen LogP contribution in [0, 0.1) is 0 Å². The number of benzene rings is 2. The lowest BCUT2D eigenvalue weighted by Crippen LogP contribution is -2.15. The number of rotatable bonds is 3. The highest BCUT2D eigenvalue weighted by Gasteiger charge is 2.04. The molecule has 76 valence electrons. The molecule has 2 N–H and O–H groups in total. The summed E-state index contributed by atoms with van der Waals surface area (Å²) in [6, 6.07) is 14.1. The normalized spacial score (nSPS) is 10.5. The van der Waals surface area contributed by atoms with Gasteiger partial charge in [0.25, 0.3) is 0 Å². The van der Waals surface area contributed by atoms with Gasteiger partial charge in [0, 0.05) is 6.42 Å². The molecule has 0 aliphatic carbocycles. The van der Waals surface area contributed by atoms with Gasteiger partial charge in [-0.25, -0.2) is 0 Å². The molecule has 0 radical (unpaired) electrons. The highest BCUT2D eigenvalue weighted by Crippen LogP contribution is 2.18. The number of ketones is 1. The number of fused-ring (bicyclic) bond motifs is 1. The van der Waals surface area contributed by atoms with E-state index in [1.807, 2.05) is 42.5 Å². The maximum absolute atomic E-state index is 11.3. The number of hydrogen-bond acceptors (Lipinski definition) is 2. The lowest BCUT2D eigenvalue weighted by atomic mass is 10.0. The van der Waals surface area contributed by atoms with Crippen molar-refractivity contribution in [3.8, 4) is 0 Å². The molecule has 2 nitrogen and oxygen atoms in total. The summed E-state index contributed by atoms with van der Waals surface area (Å²) in [7, 11) is 0. The third kappa shape index (κ3) is 2.05. The SMILES string of the molecule is NCC(=O)Cc1cccc2ccccc12. The molecule has 2 heteroatoms. The fraction of sp³-hybridized carbons (Fsp3) is 0.154. The molecule has 0 spiro atoms. The average molecular weight is 199 g/mol. The van der Waals surface area contributed by atoms with Crippen molar-refractivity contribution in [1.29, 1.82) is 0 Å². The zero-order valence-corrected chi connectivity index (χ0v) is 8.44. The van der Waals surface area contributed by atoms with Crippen LogP contribution in [0.25, 0.3) is 10.8 Å². The van der Waals surface area contributed by atoms with Crippen LogP contribution in [0.5, 0.6) is 0 Å². The highest BCUT2D eigenvalue weighted by atomic mass is 16.1. The second-order valence-corrected chi connectivity index (χ2v) is 3.56. The Labute approximate surface area is 88.7 Å². The first-order valence-corrected chi connectivity index (χ1v) is 4.99. The predicted molar refractivity (Wildman–Crippen MR) is 61.7 cm³/mol. The lowest BCUT2D eigenvalue weighted by Gasteiger charge is -2.04. The Morgan fingerprint density at radius 1 is 1.07 bits per heavy atom. The molecule has 0 aromatic heterocycles. The van der Waals surface area contributed by atoms with Crippen molar-refractivity contribution in [2.24, 2.45) is 5.73 Å². The molecule has 0 saturated carbocycles. The summed E-state index contributed by atoms with van der Waals surface area (Å²) in [5.74, 6) is 0.0753. The van der Waals surface area contributed by atoms with Crippen molar-refractivity contribution in [2.75, 3.05) is 6.54 Å². The first kappa shape index (κ1) is 9.87. The summed E-state index contributed by atoms with van der Waals surface area (Å²) in [4.78, 5) is 11.3. The van der Waals surface area contributed by atoms with Crippen LogP contribution in [-0.2, 0) is 11.2 Å². The van der Waals surface area contributed by atoms with Gasteiger partial charge in [-0.2, -0.15) is 0 Å². The van der Waals surface area contributed by atoms with E-state index in [0.29, 0.717) is 6.42 Å². The van der Waals surface area contributed by atoms with E-state index < -0.39 is 0 Å². The summed E-state index contributed by atoms with van der Waals surface area (Å²) in [6.45, 7) is 0.114. The molecular formula is C13H13NO. The third-order valence-corrected chi connectivity index (χ3v) is 2.50. The maximum Gasteiger partial charge on any atom is 0.150 e. The van der Waals surface area contributed by atoms with Crippen LogP contribution in [-0.4, -0.2) is 12.3 Å². The van der Waals surface area contributed by atoms with Crippen molar-refractivity contribution in [3.63, 3.8) is 0 Å². The zero-order chi connectivity index (χ0) is 10.7. The fourth-order valence-electron chi connectivity index (χ4n) is 1.73. The van der Waals surface area contributed by atoms with Crippen LogP contribution in [0.4, 0.5) is 0 Å². The Bertz CT molecular complexity index is 485. The van der Waals surface area contributed by atoms with Gasteiger partial charge in [0.15, 0.2) is 5.78 Å². The van der Waals surface area contributed by atoms with Gasteiger partial charge < -0.3 is 5.73 Å². The number of hydrogen-bond donors (Lipinski definition) is 1. The van der Waals surface area contributed by atoms with Gasteiger partial charge in [-0.1, -0.05) is 42.5 Å². The van der Waals surface area contributed by atoms with E-state index in [1.54, 1.807) is 0 Å². The molecule has 2 aromatic rings. The summed E-state index contributed by atoms with van der Waals surface area (Å²) >= 11 is 0. The van der Waals surface area contributed by atoms with E-state index in [2.05, 4.69) is 0 Å². The van der Waals surface area contributed by atoms with Gasteiger partial charge in [-0.3, -0.25) is 4.79 Å². The van der Waals surface area contributed by atoms with E-state index in [0.717, 1.165) is 10.9 Å². The highest BCUT2D eigenvalue weighted by molar-refractivity contribution is 5.91. The van der Waals surface area contributed by atoms with Crippen LogP contribution in [0.3, 0.4) is 0 Å². The summed E-state index contributed by atoms with van der Waals surface area (Å²) in [5, 5.41) is 2.31. The fourth-order valence-corrected chi connectivity index (χ4v) is 1.73. The minimum Gasteiger partial charge on any atom is -0.324 e. The van der Waals surface area contributed by atoms with Crippen LogP contribution in [0.2, 0.25) is 0 Å². The molecular weight excluding hydrogens is 186 g/mol. The minimum absolute atomic E-state index is 0.0753. The van der Waals surface area contributed by atoms with E-state index >= 15 is 0 Å². The lowest BCUT2D eigenvalue weighted by molar-refractivity contribution is -0.117. The molecule has 0 saturated heterocycles. The van der Waals surface area contributed by atoms with Crippen LogP contribution in [0.15, 0.2) is 42.5 Å². The Hall–Kier alpha value is -1.67. The summed E-state index contributed by atoms with van der Waals surface area (Å²) in [6.07, 6.45) is 0.428. The largest absolute Gasteiger partial charge is 0.324 e. The number of nitrogens with two attached hydrogens (primary N) is 1. The molecule has 0 fully saturated rings. The molecule has 0 bridgehead atoms. The molecule has 0 atom stereocenters. The first-order chi connectivity index (χ1) is 7.31. The van der Waals surface area contributed by atoms with Crippen molar-refractivity contribution < 1.29 is 4.79 Å². The molecule has 0 aliphatic heterocycles. The van der Waals surface area contributed by atoms with E-state index in [4.69, 9.17) is 5.73 Å². The van der Waals surface area contributed by atoms with Crippen molar-refractivity contribution in [2.45, 2.75) is 6.42 Å². The molecule has 15 heavy (non-hydrogen) atoms. The first-order valence-electron chi connectivity index (χ1n) is 4.99. The third-order valence-electron chi connectivity index (χ3n) is 2.50. The van der Waals surface area contributed by atoms with E-state index in [9.17, 15) is 4.79 Å². The van der Waals surface area contributed by atoms with Crippen molar-refractivity contribution in [3.05, 3.63) is 48.0 Å². The zero-order valence-electron chi connectivity index (χ0n) is 8.44. The van der Waals surface area contributed by atoms with Crippen molar-refractivity contribution in [1.82, 2.24) is 0 Å². The van der Waals surface area contributed by atoms with Crippen LogP contribution in [0.1, 0.15) is 5.56 Å². The van der Waals surface area contributed by atoms with Crippen LogP contribution >= 0.6 is 0 Å². The molecule has 0 amide bonds. The van der Waals surface area contributed by atoms with E-state index in [1.165, 1.54) is 5.39 Å². The molecule has 0 unspecified atom stereocenters. The standard InChI is InChI=1S/C13H13NO/c14-9-12(15)8-11-6-3-5-10-4-1-2-7-13(10)11/h1-7H,8-9,14H2. The van der Waals surface area contributed by atoms with Gasteiger partial charge >= 0.3 is 0 Å². The van der Waals surface area contributed by atoms with Crippen molar-refractivity contribution >= 4 is 16.6 Å². The monoisotopic (exact) mass is 199 g/mol. The smallest absolute Gasteiger partial charge is 0.150 e. The quantitative estimate of drug-likeness (QED) is 0.820. The Balaban J connectivity index is 2.46. The molecule has 2 aromatic carbocycles. The maximum atomic E-state index is 11.3. The molecule has 0 heterocycles. The molecule has 2 rings (SSSR count). The second-order valence-electron chi connectivity index (χ2n) is 3.56. The number of carbonyl (C=O) groups excluding carboxylic acids is 1.